The van der Waals surface area contributed by atoms with Crippen LogP contribution in [0, 0.1) is 17.8 Å². The maximum absolute atomic E-state index is 12.0. The van der Waals surface area contributed by atoms with Crippen LogP contribution in [0.15, 0.2) is 16.7 Å². The number of nitrogens with zero attached hydrogens (tertiary/aromatic N) is 1. The molecule has 4 rings (SSSR count). The second-order valence-corrected chi connectivity index (χ2v) is 5.91. The monoisotopic (exact) mass is 294 g/mol. The number of fused-ring (bicyclic) bond motifs is 6. The van der Waals surface area contributed by atoms with Crippen LogP contribution in [-0.4, -0.2) is 24.1 Å². The van der Waals surface area contributed by atoms with E-state index in [9.17, 15) is 4.79 Å². The molecule has 4 nitrogen and oxygen atoms in total. The number of hydrogen-bond donors (Lipinski definition) is 1. The minimum atomic E-state index is 0.0890. The predicted molar refractivity (Wildman–Crippen MR) is 64.6 cm³/mol. The molecular weight excluding hydrogens is 284 g/mol. The van der Waals surface area contributed by atoms with Crippen LogP contribution in [-0.2, 0) is 9.53 Å². The summed E-state index contributed by atoms with van der Waals surface area (Å²) in [6.07, 6.45) is 1.72. The summed E-state index contributed by atoms with van der Waals surface area (Å²) in [4.78, 5) is 16.3. The molecule has 2 unspecified atom stereocenters. The molecule has 1 N–H and O–H groups in total. The number of nitrogens with one attached hydrogen (secondary N) is 1. The Morgan fingerprint density at radius 3 is 2.94 bits per heavy atom. The first kappa shape index (κ1) is 10.0. The highest BCUT2D eigenvalue weighted by Gasteiger charge is 2.59. The van der Waals surface area contributed by atoms with Gasteiger partial charge in [0.15, 0.2) is 0 Å². The number of amides is 1. The molecule has 0 spiro atoms. The Kier molecular flexibility index (Phi) is 1.94. The molecule has 1 amide bonds. The molecule has 17 heavy (non-hydrogen) atoms. The van der Waals surface area contributed by atoms with Gasteiger partial charge in [-0.25, -0.2) is 4.98 Å². The zero-order valence-corrected chi connectivity index (χ0v) is 10.6. The van der Waals surface area contributed by atoms with E-state index in [4.69, 9.17) is 4.74 Å². The zero-order chi connectivity index (χ0) is 11.6. The third-order valence-corrected chi connectivity index (χ3v) is 4.70. The minimum absolute atomic E-state index is 0.0890. The number of aromatic nitrogens is 1. The highest BCUT2D eigenvalue weighted by Crippen LogP contribution is 2.58. The molecule has 1 aromatic rings. The van der Waals surface area contributed by atoms with Gasteiger partial charge in [-0.2, -0.15) is 0 Å². The summed E-state index contributed by atoms with van der Waals surface area (Å²) >= 11 is 3.44. The van der Waals surface area contributed by atoms with Gasteiger partial charge in [0, 0.05) is 28.1 Å². The Bertz CT molecular complexity index is 519. The lowest BCUT2D eigenvalue weighted by molar-refractivity contribution is -0.129. The number of carbonyl (C=O) groups is 1. The highest BCUT2D eigenvalue weighted by atomic mass is 79.9. The molecule has 1 saturated carbocycles. The number of halogens is 1. The lowest BCUT2D eigenvalue weighted by atomic mass is 9.54. The Morgan fingerprint density at radius 1 is 1.35 bits per heavy atom. The molecule has 1 aliphatic carbocycles. The number of rotatable bonds is 0. The fraction of sp³-hybridized carbons (Fsp3) is 0.500. The molecule has 0 bridgehead atoms. The quantitative estimate of drug-likeness (QED) is 0.793. The topological polar surface area (TPSA) is 51.2 Å². The molecular formula is C12H11BrN2O2. The van der Waals surface area contributed by atoms with Crippen molar-refractivity contribution in [1.82, 2.24) is 4.98 Å². The zero-order valence-electron chi connectivity index (χ0n) is 9.02. The van der Waals surface area contributed by atoms with E-state index in [1.54, 1.807) is 6.20 Å². The van der Waals surface area contributed by atoms with E-state index >= 15 is 0 Å². The standard InChI is InChI=1S/C12H11BrN2O2/c13-5-1-6-9-7-3-17-4-8(7)10(9)12(16)15-11(6)14-2-5/h1-2,7-10H,3-4H2,(H,14,15,16)/t7-,8+,9?,10?/m1/s1. The Morgan fingerprint density at radius 2 is 2.12 bits per heavy atom. The number of anilines is 1. The van der Waals surface area contributed by atoms with Crippen LogP contribution in [0.1, 0.15) is 11.5 Å². The second kappa shape index (κ2) is 3.29. The maximum Gasteiger partial charge on any atom is 0.229 e. The van der Waals surface area contributed by atoms with Crippen molar-refractivity contribution in [2.45, 2.75) is 5.92 Å². The van der Waals surface area contributed by atoms with E-state index in [0.717, 1.165) is 29.1 Å². The summed E-state index contributed by atoms with van der Waals surface area (Å²) in [6.45, 7) is 1.51. The van der Waals surface area contributed by atoms with Crippen LogP contribution < -0.4 is 5.32 Å². The number of pyridine rings is 1. The molecule has 3 heterocycles. The van der Waals surface area contributed by atoms with Crippen molar-refractivity contribution >= 4 is 27.7 Å². The highest BCUT2D eigenvalue weighted by molar-refractivity contribution is 9.10. The van der Waals surface area contributed by atoms with Gasteiger partial charge in [-0.05, 0) is 27.9 Å². The van der Waals surface area contributed by atoms with Crippen molar-refractivity contribution in [3.63, 3.8) is 0 Å². The van der Waals surface area contributed by atoms with Crippen molar-refractivity contribution in [3.05, 3.63) is 22.3 Å². The van der Waals surface area contributed by atoms with E-state index in [1.807, 2.05) is 0 Å². The Labute approximate surface area is 107 Å². The summed E-state index contributed by atoms with van der Waals surface area (Å²) < 4.78 is 6.47. The van der Waals surface area contributed by atoms with Gasteiger partial charge in [-0.3, -0.25) is 4.79 Å². The fourth-order valence-electron chi connectivity index (χ4n) is 3.51. The molecule has 88 valence electrons. The molecule has 2 fully saturated rings. The second-order valence-electron chi connectivity index (χ2n) is 5.00. The number of ether oxygens (including phenoxy) is 1. The first-order valence-corrected chi connectivity index (χ1v) is 6.59. The van der Waals surface area contributed by atoms with E-state index in [-0.39, 0.29) is 11.8 Å². The van der Waals surface area contributed by atoms with E-state index < -0.39 is 0 Å². The van der Waals surface area contributed by atoms with Gasteiger partial charge in [0.2, 0.25) is 5.91 Å². The molecule has 4 atom stereocenters. The van der Waals surface area contributed by atoms with E-state index in [0.29, 0.717) is 17.8 Å². The van der Waals surface area contributed by atoms with Gasteiger partial charge in [0.1, 0.15) is 5.82 Å². The first-order chi connectivity index (χ1) is 8.25. The molecule has 5 heteroatoms. The number of hydrogen-bond acceptors (Lipinski definition) is 3. The van der Waals surface area contributed by atoms with Gasteiger partial charge >= 0.3 is 0 Å². The Hall–Kier alpha value is -0.940. The Balaban J connectivity index is 1.83. The normalized spacial score (nSPS) is 37.6. The van der Waals surface area contributed by atoms with Gasteiger partial charge in [0.25, 0.3) is 0 Å². The van der Waals surface area contributed by atoms with Crippen molar-refractivity contribution in [1.29, 1.82) is 0 Å². The van der Waals surface area contributed by atoms with Crippen molar-refractivity contribution in [2.24, 2.45) is 17.8 Å². The molecule has 0 radical (unpaired) electrons. The third kappa shape index (κ3) is 1.21. The number of carbonyl (C=O) groups excluding carboxylic acids is 1. The summed E-state index contributed by atoms with van der Waals surface area (Å²) in [7, 11) is 0. The van der Waals surface area contributed by atoms with Gasteiger partial charge < -0.3 is 10.1 Å². The minimum Gasteiger partial charge on any atom is -0.381 e. The third-order valence-electron chi connectivity index (χ3n) is 4.27. The summed E-state index contributed by atoms with van der Waals surface area (Å²) in [5.74, 6) is 2.14. The molecule has 1 saturated heterocycles. The SMILES string of the molecule is O=C1Nc2ncc(Br)cc2C2C1[C@H]1COC[C@@H]21. The van der Waals surface area contributed by atoms with Crippen LogP contribution >= 0.6 is 15.9 Å². The van der Waals surface area contributed by atoms with Gasteiger partial charge in [-0.15, -0.1) is 0 Å². The van der Waals surface area contributed by atoms with Crippen LogP contribution in [0.3, 0.4) is 0 Å². The molecule has 3 aliphatic rings. The van der Waals surface area contributed by atoms with E-state index in [2.05, 4.69) is 32.3 Å². The van der Waals surface area contributed by atoms with Crippen LogP contribution in [0.2, 0.25) is 0 Å². The van der Waals surface area contributed by atoms with Crippen LogP contribution in [0.5, 0.6) is 0 Å². The van der Waals surface area contributed by atoms with Crippen LogP contribution in [0.4, 0.5) is 5.82 Å². The lowest BCUT2D eigenvalue weighted by Gasteiger charge is -2.49. The van der Waals surface area contributed by atoms with Crippen molar-refractivity contribution in [2.75, 3.05) is 18.5 Å². The summed E-state index contributed by atoms with van der Waals surface area (Å²) in [6, 6.07) is 2.08. The van der Waals surface area contributed by atoms with Gasteiger partial charge in [0.05, 0.1) is 19.1 Å². The van der Waals surface area contributed by atoms with Gasteiger partial charge in [-0.1, -0.05) is 0 Å². The molecule has 1 aromatic heterocycles. The average molecular weight is 295 g/mol. The average Bonchev–Trinajstić information content (AvgIpc) is 2.66. The van der Waals surface area contributed by atoms with E-state index in [1.165, 1.54) is 0 Å². The molecule has 0 aromatic carbocycles. The largest absolute Gasteiger partial charge is 0.381 e. The summed E-state index contributed by atoms with van der Waals surface area (Å²) in [5.41, 5.74) is 1.16. The van der Waals surface area contributed by atoms with Crippen LogP contribution in [0.25, 0.3) is 0 Å². The molecule has 2 aliphatic heterocycles. The first-order valence-electron chi connectivity index (χ1n) is 5.80. The summed E-state index contributed by atoms with van der Waals surface area (Å²) in [5, 5.41) is 2.90. The maximum atomic E-state index is 12.0. The van der Waals surface area contributed by atoms with Crippen molar-refractivity contribution in [3.8, 4) is 0 Å². The lowest BCUT2D eigenvalue weighted by Crippen LogP contribution is -2.53. The smallest absolute Gasteiger partial charge is 0.229 e. The predicted octanol–water partition coefficient (Wildman–Crippen LogP) is 1.77. The fourth-order valence-corrected chi connectivity index (χ4v) is 3.86. The van der Waals surface area contributed by atoms with Crippen molar-refractivity contribution < 1.29 is 9.53 Å².